The van der Waals surface area contributed by atoms with Crippen LogP contribution >= 0.6 is 11.6 Å². The van der Waals surface area contributed by atoms with Crippen molar-refractivity contribution in [1.29, 1.82) is 0 Å². The van der Waals surface area contributed by atoms with Crippen LogP contribution in [0.5, 0.6) is 0 Å². The first-order valence-electron chi connectivity index (χ1n) is 8.07. The summed E-state index contributed by atoms with van der Waals surface area (Å²) >= 11 is 6.14. The molecule has 0 radical (unpaired) electrons. The Bertz CT molecular complexity index is 706. The maximum absolute atomic E-state index is 13.5. The third kappa shape index (κ3) is 2.40. The summed E-state index contributed by atoms with van der Waals surface area (Å²) in [5.74, 6) is 0.730. The summed E-state index contributed by atoms with van der Waals surface area (Å²) in [5, 5.41) is 0.0456. The molecule has 0 amide bonds. The van der Waals surface area contributed by atoms with E-state index in [9.17, 15) is 8.76 Å². The van der Waals surface area contributed by atoms with Crippen LogP contribution in [0.4, 0.5) is 5.82 Å². The predicted molar refractivity (Wildman–Crippen MR) is 90.7 cm³/mol. The van der Waals surface area contributed by atoms with Crippen molar-refractivity contribution >= 4 is 26.8 Å². The molecule has 0 bridgehead atoms. The van der Waals surface area contributed by atoms with Crippen LogP contribution in [0.3, 0.4) is 0 Å². The van der Waals surface area contributed by atoms with Crippen LogP contribution in [0, 0.1) is 0 Å². The molecule has 8 heteroatoms. The topological polar surface area (TPSA) is 75.5 Å². The van der Waals surface area contributed by atoms with Gasteiger partial charge in [0.2, 0.25) is 5.28 Å². The van der Waals surface area contributed by atoms with Crippen molar-refractivity contribution in [2.24, 2.45) is 0 Å². The highest BCUT2D eigenvalue weighted by atomic mass is 35.5. The SMILES string of the molecule is CS(=O)(O)(C1CC1)C1(c2cc(N3CCOCC3)nc(Cl)n2)CC1. The number of morpholine rings is 1. The van der Waals surface area contributed by atoms with Gasteiger partial charge in [-0.1, -0.05) is 0 Å². The number of rotatable bonds is 4. The van der Waals surface area contributed by atoms with E-state index in [1.54, 1.807) is 6.26 Å². The summed E-state index contributed by atoms with van der Waals surface area (Å²) in [5.41, 5.74) is 0.632. The number of anilines is 1. The Kier molecular flexibility index (Phi) is 3.34. The Morgan fingerprint density at radius 2 is 2.00 bits per heavy atom. The summed E-state index contributed by atoms with van der Waals surface area (Å²) in [6, 6.07) is 1.86. The summed E-state index contributed by atoms with van der Waals surface area (Å²) in [7, 11) is -3.77. The van der Waals surface area contributed by atoms with Gasteiger partial charge in [0, 0.05) is 30.7 Å². The van der Waals surface area contributed by atoms with Crippen LogP contribution in [0.15, 0.2) is 6.07 Å². The van der Waals surface area contributed by atoms with Crippen molar-refractivity contribution in [2.45, 2.75) is 35.7 Å². The largest absolute Gasteiger partial charge is 0.378 e. The van der Waals surface area contributed by atoms with Crippen molar-refractivity contribution in [2.75, 3.05) is 37.5 Å². The third-order valence-corrected chi connectivity index (χ3v) is 10.2. The standard InChI is InChI=1S/C15H22ClN3O3S/c1-23(20,21,11-2-3-11)15(4-5-15)12-10-13(18-14(16)17-12)19-6-8-22-9-7-19/h10-11H,2-9H2,1H3,(H,20,21). The minimum absolute atomic E-state index is 0.102. The van der Waals surface area contributed by atoms with Crippen molar-refractivity contribution in [3.05, 3.63) is 17.0 Å². The number of halogens is 1. The Hall–Kier alpha value is -0.760. The first kappa shape index (κ1) is 15.7. The lowest BCUT2D eigenvalue weighted by molar-refractivity contribution is 0.122. The molecule has 1 aliphatic heterocycles. The minimum atomic E-state index is -3.77. The second-order valence-electron chi connectivity index (χ2n) is 7.03. The first-order chi connectivity index (χ1) is 10.8. The second kappa shape index (κ2) is 4.88. The number of hydrogen-bond acceptors (Lipinski definition) is 5. The fraction of sp³-hybridized carbons (Fsp3) is 0.733. The van der Waals surface area contributed by atoms with Gasteiger partial charge in [-0.2, -0.15) is 9.35 Å². The zero-order valence-corrected chi connectivity index (χ0v) is 14.8. The molecular weight excluding hydrogens is 338 g/mol. The van der Waals surface area contributed by atoms with Gasteiger partial charge in [0.15, 0.2) is 0 Å². The average molecular weight is 360 g/mol. The van der Waals surface area contributed by atoms with Crippen LogP contribution in [-0.2, 0) is 18.8 Å². The van der Waals surface area contributed by atoms with Crippen LogP contribution in [-0.4, -0.2) is 56.5 Å². The zero-order valence-electron chi connectivity index (χ0n) is 13.2. The number of aromatic nitrogens is 2. The van der Waals surface area contributed by atoms with Gasteiger partial charge in [-0.3, -0.25) is 0 Å². The summed E-state index contributed by atoms with van der Waals surface area (Å²) < 4.78 is 29.1. The molecule has 2 saturated carbocycles. The Morgan fingerprint density at radius 3 is 2.57 bits per heavy atom. The van der Waals surface area contributed by atoms with E-state index in [0.717, 1.165) is 31.7 Å². The number of hydrogen-bond donors (Lipinski definition) is 1. The molecule has 6 nitrogen and oxygen atoms in total. The summed E-state index contributed by atoms with van der Waals surface area (Å²) in [4.78, 5) is 10.8. The molecule has 0 atom stereocenters. The first-order valence-corrected chi connectivity index (χ1v) is 10.8. The molecule has 1 N–H and O–H groups in total. The highest BCUT2D eigenvalue weighted by Gasteiger charge is 2.65. The van der Waals surface area contributed by atoms with Gasteiger partial charge < -0.3 is 14.2 Å². The van der Waals surface area contributed by atoms with E-state index < -0.39 is 14.1 Å². The monoisotopic (exact) mass is 359 g/mol. The fourth-order valence-corrected chi connectivity index (χ4v) is 7.43. The van der Waals surface area contributed by atoms with Crippen LogP contribution in [0.25, 0.3) is 0 Å². The minimum Gasteiger partial charge on any atom is -0.378 e. The molecule has 0 spiro atoms. The molecule has 2 aliphatic carbocycles. The lowest BCUT2D eigenvalue weighted by Crippen LogP contribution is -2.48. The number of nitrogens with zero attached hydrogens (tertiary/aromatic N) is 3. The molecule has 4 rings (SSSR count). The lowest BCUT2D eigenvalue weighted by Gasteiger charge is -2.47. The molecule has 128 valence electrons. The van der Waals surface area contributed by atoms with Gasteiger partial charge in [-0.25, -0.2) is 14.2 Å². The van der Waals surface area contributed by atoms with E-state index in [-0.39, 0.29) is 10.5 Å². The van der Waals surface area contributed by atoms with Crippen LogP contribution in [0.1, 0.15) is 31.4 Å². The van der Waals surface area contributed by atoms with Crippen molar-refractivity contribution in [1.82, 2.24) is 9.97 Å². The predicted octanol–water partition coefficient (Wildman–Crippen LogP) is 2.04. The Labute approximate surface area is 140 Å². The average Bonchev–Trinajstić information content (AvgIpc) is 3.40. The highest BCUT2D eigenvalue weighted by molar-refractivity contribution is 8.16. The van der Waals surface area contributed by atoms with E-state index in [1.807, 2.05) is 6.07 Å². The van der Waals surface area contributed by atoms with E-state index in [2.05, 4.69) is 14.9 Å². The van der Waals surface area contributed by atoms with E-state index in [4.69, 9.17) is 16.3 Å². The number of ether oxygens (including phenoxy) is 1. The lowest BCUT2D eigenvalue weighted by atomic mass is 10.2. The van der Waals surface area contributed by atoms with Gasteiger partial charge in [0.25, 0.3) is 0 Å². The maximum atomic E-state index is 13.5. The van der Waals surface area contributed by atoms with Crippen LogP contribution < -0.4 is 4.90 Å². The summed E-state index contributed by atoms with van der Waals surface area (Å²) in [6.45, 7) is 2.79. The molecule has 0 aromatic carbocycles. The van der Waals surface area contributed by atoms with E-state index in [0.29, 0.717) is 31.7 Å². The van der Waals surface area contributed by atoms with Crippen molar-refractivity contribution < 1.29 is 13.5 Å². The molecule has 0 unspecified atom stereocenters. The van der Waals surface area contributed by atoms with E-state index >= 15 is 0 Å². The maximum Gasteiger partial charge on any atom is 0.224 e. The normalized spacial score (nSPS) is 25.7. The van der Waals surface area contributed by atoms with E-state index in [1.165, 1.54) is 0 Å². The van der Waals surface area contributed by atoms with Crippen LogP contribution in [0.2, 0.25) is 5.28 Å². The van der Waals surface area contributed by atoms with Gasteiger partial charge in [-0.05, 0) is 37.3 Å². The highest BCUT2D eigenvalue weighted by Crippen LogP contribution is 2.65. The molecule has 23 heavy (non-hydrogen) atoms. The summed E-state index contributed by atoms with van der Waals surface area (Å²) in [6.07, 6.45) is 4.59. The molecule has 1 saturated heterocycles. The van der Waals surface area contributed by atoms with Crippen molar-refractivity contribution in [3.63, 3.8) is 0 Å². The fourth-order valence-electron chi connectivity index (χ4n) is 3.66. The molecule has 1 aromatic heterocycles. The van der Waals surface area contributed by atoms with Gasteiger partial charge in [0.1, 0.15) is 5.82 Å². The Balaban J connectivity index is 1.74. The van der Waals surface area contributed by atoms with Crippen molar-refractivity contribution in [3.8, 4) is 0 Å². The Morgan fingerprint density at radius 1 is 1.35 bits per heavy atom. The van der Waals surface area contributed by atoms with Gasteiger partial charge >= 0.3 is 0 Å². The molecule has 1 aromatic rings. The molecule has 2 heterocycles. The van der Waals surface area contributed by atoms with Gasteiger partial charge in [-0.15, -0.1) is 0 Å². The third-order valence-electron chi connectivity index (χ3n) is 5.45. The second-order valence-corrected chi connectivity index (χ2v) is 11.5. The molecular formula is C15H22ClN3O3S. The quantitative estimate of drug-likeness (QED) is 0.829. The molecule has 3 fully saturated rings. The zero-order chi connectivity index (χ0) is 16.3. The van der Waals surface area contributed by atoms with Gasteiger partial charge in [0.05, 0.1) is 23.7 Å². The molecule has 3 aliphatic rings. The smallest absolute Gasteiger partial charge is 0.224 e.